The Morgan fingerprint density at radius 2 is 2.05 bits per heavy atom. The molecule has 1 saturated heterocycles. The summed E-state index contributed by atoms with van der Waals surface area (Å²) in [5, 5.41) is 3.71. The van der Waals surface area contributed by atoms with Crippen LogP contribution in [0.3, 0.4) is 0 Å². The van der Waals surface area contributed by atoms with E-state index >= 15 is 0 Å². The highest BCUT2D eigenvalue weighted by atomic mass is 16.5. The van der Waals surface area contributed by atoms with Crippen molar-refractivity contribution in [3.63, 3.8) is 0 Å². The minimum Gasteiger partial charge on any atom is -0.491 e. The predicted molar refractivity (Wildman–Crippen MR) is 82.5 cm³/mol. The lowest BCUT2D eigenvalue weighted by Gasteiger charge is -2.50. The zero-order valence-corrected chi connectivity index (χ0v) is 12.8. The van der Waals surface area contributed by atoms with Crippen molar-refractivity contribution >= 4 is 0 Å². The lowest BCUT2D eigenvalue weighted by Crippen LogP contribution is -2.59. The standard InChI is InChI=1S/C18H25NO2/c1-2-13-7-9-18(10-8-13)12-19-15-11-20-16-6-4-3-5-14(16)17(15)21-18/h3-6,13,15,17,19H,2,7-12H2,1H3. The van der Waals surface area contributed by atoms with E-state index in [1.165, 1.54) is 37.7 Å². The molecule has 3 heteroatoms. The van der Waals surface area contributed by atoms with E-state index in [2.05, 4.69) is 30.4 Å². The maximum atomic E-state index is 6.70. The topological polar surface area (TPSA) is 30.5 Å². The van der Waals surface area contributed by atoms with E-state index in [1.807, 2.05) is 6.07 Å². The van der Waals surface area contributed by atoms with E-state index in [0.717, 1.165) is 24.8 Å². The van der Waals surface area contributed by atoms with Gasteiger partial charge in [0, 0.05) is 12.1 Å². The number of hydrogen-bond acceptors (Lipinski definition) is 3. The molecular weight excluding hydrogens is 262 g/mol. The van der Waals surface area contributed by atoms with E-state index < -0.39 is 0 Å². The molecule has 1 saturated carbocycles. The van der Waals surface area contributed by atoms with Crippen LogP contribution in [0.2, 0.25) is 0 Å². The van der Waals surface area contributed by atoms with Crippen LogP contribution in [0.25, 0.3) is 0 Å². The Morgan fingerprint density at radius 3 is 2.86 bits per heavy atom. The summed E-state index contributed by atoms with van der Waals surface area (Å²) >= 11 is 0. The van der Waals surface area contributed by atoms with Crippen molar-refractivity contribution in [1.29, 1.82) is 0 Å². The maximum Gasteiger partial charge on any atom is 0.125 e. The first-order valence-corrected chi connectivity index (χ1v) is 8.42. The van der Waals surface area contributed by atoms with Gasteiger partial charge in [-0.25, -0.2) is 0 Å². The van der Waals surface area contributed by atoms with Crippen LogP contribution in [0.1, 0.15) is 50.7 Å². The van der Waals surface area contributed by atoms with Crippen LogP contribution < -0.4 is 10.1 Å². The number of nitrogens with one attached hydrogen (secondary N) is 1. The van der Waals surface area contributed by atoms with E-state index in [0.29, 0.717) is 6.04 Å². The average Bonchev–Trinajstić information content (AvgIpc) is 2.55. The molecule has 2 fully saturated rings. The third kappa shape index (κ3) is 2.36. The van der Waals surface area contributed by atoms with Gasteiger partial charge in [0.05, 0.1) is 11.6 Å². The van der Waals surface area contributed by atoms with Gasteiger partial charge in [-0.1, -0.05) is 31.5 Å². The fourth-order valence-electron chi connectivity index (χ4n) is 4.18. The van der Waals surface area contributed by atoms with Crippen LogP contribution in [-0.4, -0.2) is 24.8 Å². The molecule has 3 nitrogen and oxygen atoms in total. The summed E-state index contributed by atoms with van der Waals surface area (Å²) in [6, 6.07) is 8.64. The fraction of sp³-hybridized carbons (Fsp3) is 0.667. The van der Waals surface area contributed by atoms with Crippen molar-refractivity contribution in [3.8, 4) is 5.75 Å². The molecule has 114 valence electrons. The minimum atomic E-state index is 0.0529. The number of ether oxygens (including phenoxy) is 2. The average molecular weight is 287 g/mol. The second-order valence-electron chi connectivity index (χ2n) is 6.91. The van der Waals surface area contributed by atoms with Crippen molar-refractivity contribution in [2.24, 2.45) is 5.92 Å². The van der Waals surface area contributed by atoms with Gasteiger partial charge in [0.15, 0.2) is 0 Å². The molecule has 4 rings (SSSR count). The molecule has 2 atom stereocenters. The number of para-hydroxylation sites is 1. The highest BCUT2D eigenvalue weighted by Crippen LogP contribution is 2.45. The Morgan fingerprint density at radius 1 is 1.24 bits per heavy atom. The number of fused-ring (bicyclic) bond motifs is 3. The summed E-state index contributed by atoms with van der Waals surface area (Å²) in [7, 11) is 0. The molecule has 0 amide bonds. The largest absolute Gasteiger partial charge is 0.491 e. The third-order valence-electron chi connectivity index (χ3n) is 5.67. The van der Waals surface area contributed by atoms with Gasteiger partial charge in [-0.3, -0.25) is 0 Å². The molecule has 1 N–H and O–H groups in total. The Labute approximate surface area is 127 Å². The third-order valence-corrected chi connectivity index (χ3v) is 5.67. The van der Waals surface area contributed by atoms with Gasteiger partial charge >= 0.3 is 0 Å². The van der Waals surface area contributed by atoms with Crippen LogP contribution in [-0.2, 0) is 4.74 Å². The number of benzene rings is 1. The van der Waals surface area contributed by atoms with Gasteiger partial charge in [-0.05, 0) is 37.7 Å². The summed E-state index contributed by atoms with van der Waals surface area (Å²) in [4.78, 5) is 0. The van der Waals surface area contributed by atoms with Crippen molar-refractivity contribution in [2.45, 2.75) is 56.8 Å². The molecule has 21 heavy (non-hydrogen) atoms. The molecule has 3 aliphatic rings. The molecule has 0 radical (unpaired) electrons. The smallest absolute Gasteiger partial charge is 0.125 e. The van der Waals surface area contributed by atoms with Crippen LogP contribution in [0.4, 0.5) is 0 Å². The second kappa shape index (κ2) is 5.29. The summed E-state index contributed by atoms with van der Waals surface area (Å²) in [6.07, 6.45) is 6.49. The van der Waals surface area contributed by atoms with Gasteiger partial charge < -0.3 is 14.8 Å². The van der Waals surface area contributed by atoms with Gasteiger partial charge in [0.25, 0.3) is 0 Å². The van der Waals surface area contributed by atoms with Crippen LogP contribution in [0, 0.1) is 5.92 Å². The van der Waals surface area contributed by atoms with E-state index in [-0.39, 0.29) is 11.7 Å². The van der Waals surface area contributed by atoms with Crippen LogP contribution in [0.5, 0.6) is 5.75 Å². The molecule has 2 heterocycles. The molecule has 1 spiro atoms. The minimum absolute atomic E-state index is 0.0529. The van der Waals surface area contributed by atoms with Gasteiger partial charge in [0.1, 0.15) is 18.5 Å². The van der Waals surface area contributed by atoms with Crippen molar-refractivity contribution in [1.82, 2.24) is 5.32 Å². The van der Waals surface area contributed by atoms with Crippen molar-refractivity contribution < 1.29 is 9.47 Å². The normalized spacial score (nSPS) is 38.4. The molecule has 1 aromatic rings. The maximum absolute atomic E-state index is 6.70. The Kier molecular flexibility index (Phi) is 3.43. The van der Waals surface area contributed by atoms with Gasteiger partial charge in [-0.15, -0.1) is 0 Å². The highest BCUT2D eigenvalue weighted by molar-refractivity contribution is 5.38. The van der Waals surface area contributed by atoms with E-state index in [9.17, 15) is 0 Å². The predicted octanol–water partition coefficient (Wildman–Crippen LogP) is 3.45. The summed E-state index contributed by atoms with van der Waals surface area (Å²) in [6.45, 7) is 4.01. The van der Waals surface area contributed by atoms with Crippen LogP contribution in [0.15, 0.2) is 24.3 Å². The Hall–Kier alpha value is -1.06. The first kappa shape index (κ1) is 13.6. The lowest BCUT2D eigenvalue weighted by atomic mass is 9.76. The van der Waals surface area contributed by atoms with Crippen LogP contribution >= 0.6 is 0 Å². The van der Waals surface area contributed by atoms with Gasteiger partial charge in [-0.2, -0.15) is 0 Å². The SMILES string of the molecule is CCC1CCC2(CC1)CNC1COc3ccccc3C1O2. The summed E-state index contributed by atoms with van der Waals surface area (Å²) in [5.41, 5.74) is 1.27. The number of morpholine rings is 1. The molecule has 0 bridgehead atoms. The molecule has 1 aliphatic carbocycles. The zero-order chi connectivity index (χ0) is 14.3. The van der Waals surface area contributed by atoms with Crippen molar-refractivity contribution in [2.75, 3.05) is 13.2 Å². The van der Waals surface area contributed by atoms with Crippen molar-refractivity contribution in [3.05, 3.63) is 29.8 Å². The lowest BCUT2D eigenvalue weighted by molar-refractivity contribution is -0.167. The molecule has 2 unspecified atom stereocenters. The van der Waals surface area contributed by atoms with E-state index in [1.54, 1.807) is 0 Å². The molecule has 0 aromatic heterocycles. The Balaban J connectivity index is 1.56. The number of rotatable bonds is 1. The molecule has 2 aliphatic heterocycles. The number of hydrogen-bond donors (Lipinski definition) is 1. The fourth-order valence-corrected chi connectivity index (χ4v) is 4.18. The Bertz CT molecular complexity index is 508. The van der Waals surface area contributed by atoms with E-state index in [4.69, 9.17) is 9.47 Å². The zero-order valence-electron chi connectivity index (χ0n) is 12.8. The summed E-state index contributed by atoms with van der Waals surface area (Å²) in [5.74, 6) is 1.90. The monoisotopic (exact) mass is 287 g/mol. The first-order chi connectivity index (χ1) is 10.3. The van der Waals surface area contributed by atoms with Gasteiger partial charge in [0.2, 0.25) is 0 Å². The quantitative estimate of drug-likeness (QED) is 0.858. The first-order valence-electron chi connectivity index (χ1n) is 8.42. The molecular formula is C18H25NO2. The highest BCUT2D eigenvalue weighted by Gasteiger charge is 2.46. The summed E-state index contributed by atoms with van der Waals surface area (Å²) < 4.78 is 12.6. The second-order valence-corrected chi connectivity index (χ2v) is 6.91. The molecule has 1 aromatic carbocycles.